The van der Waals surface area contributed by atoms with Crippen LogP contribution in [0.25, 0.3) is 11.1 Å². The highest BCUT2D eigenvalue weighted by atomic mass is 16.5. The molecule has 0 fully saturated rings. The first-order valence-electron chi connectivity index (χ1n) is 16.7. The van der Waals surface area contributed by atoms with E-state index in [0.717, 1.165) is 62.1 Å². The number of carboxylic acid groups (broad SMARTS) is 3. The van der Waals surface area contributed by atoms with Crippen molar-refractivity contribution >= 4 is 29.6 Å². The van der Waals surface area contributed by atoms with E-state index in [1.54, 1.807) is 38.1 Å². The Morgan fingerprint density at radius 3 is 2.02 bits per heavy atom. The van der Waals surface area contributed by atoms with Gasteiger partial charge in [-0.05, 0) is 50.7 Å². The van der Waals surface area contributed by atoms with Crippen LogP contribution in [0.2, 0.25) is 0 Å². The fourth-order valence-corrected chi connectivity index (χ4v) is 5.63. The molecule has 0 saturated carbocycles. The van der Waals surface area contributed by atoms with Crippen molar-refractivity contribution in [2.24, 2.45) is 5.92 Å². The summed E-state index contributed by atoms with van der Waals surface area (Å²) in [6.45, 7) is 5.72. The van der Waals surface area contributed by atoms with Gasteiger partial charge in [0.25, 0.3) is 0 Å². The molecule has 5 N–H and O–H groups in total. The second-order valence-electron chi connectivity index (χ2n) is 12.4. The fourth-order valence-electron chi connectivity index (χ4n) is 5.63. The summed E-state index contributed by atoms with van der Waals surface area (Å²) in [6.07, 6.45) is 11.2. The molecule has 12 nitrogen and oxygen atoms in total. The number of aliphatic carboxylic acids is 3. The number of unbranched alkanes of at least 4 members (excludes halogenated alkanes) is 8. The summed E-state index contributed by atoms with van der Waals surface area (Å²) in [5.74, 6) is -7.10. The third-order valence-corrected chi connectivity index (χ3v) is 8.38. The number of benzene rings is 1. The third-order valence-electron chi connectivity index (χ3n) is 8.38. The zero-order valence-electron chi connectivity index (χ0n) is 28.2. The molecule has 0 spiro atoms. The molecular formula is C36H50N2O10. The lowest BCUT2D eigenvalue weighted by molar-refractivity contribution is -0.172. The number of nitrogens with one attached hydrogen (secondary N) is 1. The highest BCUT2D eigenvalue weighted by Crippen LogP contribution is 2.28. The number of allylic oxidation sites excluding steroid dienone is 1. The molecule has 0 aliphatic heterocycles. The van der Waals surface area contributed by atoms with Crippen molar-refractivity contribution in [1.29, 1.82) is 0 Å². The molecule has 3 atom stereocenters. The number of hydrogen-bond acceptors (Lipinski definition) is 8. The molecule has 0 unspecified atom stereocenters. The normalized spacial score (nSPS) is 13.9. The van der Waals surface area contributed by atoms with E-state index >= 15 is 0 Å². The molecule has 1 amide bonds. The second-order valence-corrected chi connectivity index (χ2v) is 12.4. The summed E-state index contributed by atoms with van der Waals surface area (Å²) >= 11 is 0. The lowest BCUT2D eigenvalue weighted by atomic mass is 9.82. The minimum Gasteiger partial charge on any atom is -0.481 e. The van der Waals surface area contributed by atoms with E-state index in [2.05, 4.69) is 17.4 Å². The van der Waals surface area contributed by atoms with E-state index in [1.165, 1.54) is 12.5 Å². The molecule has 1 aromatic carbocycles. The number of amides is 1. The van der Waals surface area contributed by atoms with Crippen LogP contribution in [-0.2, 0) is 30.4 Å². The molecule has 2 aromatic rings. The van der Waals surface area contributed by atoms with Gasteiger partial charge in [-0.2, -0.15) is 0 Å². The van der Waals surface area contributed by atoms with Gasteiger partial charge in [-0.3, -0.25) is 14.4 Å². The van der Waals surface area contributed by atoms with Crippen LogP contribution in [0.3, 0.4) is 0 Å². The predicted molar refractivity (Wildman–Crippen MR) is 178 cm³/mol. The first kappa shape index (κ1) is 39.9. The van der Waals surface area contributed by atoms with Gasteiger partial charge in [-0.25, -0.2) is 9.59 Å². The highest BCUT2D eigenvalue weighted by molar-refractivity contribution is 5.94. The number of rotatable bonds is 24. The van der Waals surface area contributed by atoms with Gasteiger partial charge in [0.1, 0.15) is 17.6 Å². The number of aryl methyl sites for hydroxylation is 2. The molecule has 0 aliphatic rings. The van der Waals surface area contributed by atoms with Gasteiger partial charge in [0.15, 0.2) is 5.60 Å². The van der Waals surface area contributed by atoms with Crippen LogP contribution in [0, 0.1) is 19.8 Å². The van der Waals surface area contributed by atoms with Crippen LogP contribution >= 0.6 is 0 Å². The molecule has 0 saturated heterocycles. The number of carboxylic acids is 3. The number of aliphatic hydroxyl groups is 1. The van der Waals surface area contributed by atoms with Crippen LogP contribution in [-0.4, -0.2) is 66.8 Å². The Hall–Kier alpha value is -4.32. The standard InChI is InChI=1S/C36H50N2O10/c1-4-5-6-9-12-15-28(39)16-13-10-7-8-11-14-17-29(36(47,35(45)46)23-31(40)41)33(42)37-30(34(43)44)22-26-18-20-27(21-19-26)32-24(2)38-48-25(32)3/h14,17-21,29-30,47H,4-13,15-16,22-23H2,1-3H3,(H,37,42)(H,40,41)(H,43,44)(H,45,46)/t29-,30+,36+/m1/s1. The minimum atomic E-state index is -3.03. The van der Waals surface area contributed by atoms with Gasteiger partial charge < -0.3 is 30.3 Å². The van der Waals surface area contributed by atoms with Crippen LogP contribution in [0.1, 0.15) is 107 Å². The number of ketones is 1. The van der Waals surface area contributed by atoms with Crippen LogP contribution in [0.5, 0.6) is 0 Å². The first-order chi connectivity index (χ1) is 22.8. The molecule has 1 heterocycles. The number of Topliss-reactive ketones (excluding diaryl/α,β-unsaturated/α-hetero) is 1. The topological polar surface area (TPSA) is 204 Å². The van der Waals surface area contributed by atoms with Gasteiger partial charge in [-0.15, -0.1) is 0 Å². The van der Waals surface area contributed by atoms with Crippen molar-refractivity contribution in [3.8, 4) is 11.1 Å². The lowest BCUT2D eigenvalue weighted by Crippen LogP contribution is -2.55. The maximum atomic E-state index is 13.4. The smallest absolute Gasteiger partial charge is 0.337 e. The predicted octanol–water partition coefficient (Wildman–Crippen LogP) is 5.80. The van der Waals surface area contributed by atoms with Crippen molar-refractivity contribution in [3.63, 3.8) is 0 Å². The van der Waals surface area contributed by atoms with Gasteiger partial charge in [0, 0.05) is 24.8 Å². The van der Waals surface area contributed by atoms with Gasteiger partial charge >= 0.3 is 17.9 Å². The highest BCUT2D eigenvalue weighted by Gasteiger charge is 2.49. The molecule has 2 rings (SSSR count). The van der Waals surface area contributed by atoms with Crippen LogP contribution in [0.15, 0.2) is 40.9 Å². The largest absolute Gasteiger partial charge is 0.481 e. The summed E-state index contributed by atoms with van der Waals surface area (Å²) in [7, 11) is 0. The van der Waals surface area contributed by atoms with Gasteiger partial charge in [0.05, 0.1) is 18.0 Å². The van der Waals surface area contributed by atoms with E-state index < -0.39 is 47.8 Å². The maximum absolute atomic E-state index is 13.4. The average Bonchev–Trinajstić information content (AvgIpc) is 3.36. The number of nitrogens with zero attached hydrogens (tertiary/aromatic N) is 1. The average molecular weight is 671 g/mol. The summed E-state index contributed by atoms with van der Waals surface area (Å²) in [6, 6.07) is 5.39. The molecule has 264 valence electrons. The van der Waals surface area contributed by atoms with Crippen LogP contribution in [0.4, 0.5) is 0 Å². The number of aromatic nitrogens is 1. The second kappa shape index (κ2) is 20.1. The third kappa shape index (κ3) is 12.7. The van der Waals surface area contributed by atoms with Gasteiger partial charge in [-0.1, -0.05) is 87.0 Å². The van der Waals surface area contributed by atoms with Crippen LogP contribution < -0.4 is 5.32 Å². The summed E-state index contributed by atoms with van der Waals surface area (Å²) in [4.78, 5) is 61.2. The fraction of sp³-hybridized carbons (Fsp3) is 0.556. The van der Waals surface area contributed by atoms with Gasteiger partial charge in [0.2, 0.25) is 5.91 Å². The summed E-state index contributed by atoms with van der Waals surface area (Å²) in [5, 5.41) is 46.2. The molecule has 0 radical (unpaired) electrons. The molecule has 1 aromatic heterocycles. The molecule has 48 heavy (non-hydrogen) atoms. The Labute approximate surface area is 281 Å². The van der Waals surface area contributed by atoms with Crippen molar-refractivity contribution in [2.75, 3.05) is 0 Å². The zero-order chi connectivity index (χ0) is 35.7. The number of carbonyl (C=O) groups excluding carboxylic acids is 2. The van der Waals surface area contributed by atoms with E-state index in [-0.39, 0.29) is 12.2 Å². The quantitative estimate of drug-likeness (QED) is 0.0666. The Bertz CT molecular complexity index is 1380. The molecule has 0 aliphatic carbocycles. The minimum absolute atomic E-state index is 0.162. The Kier molecular flexibility index (Phi) is 16.7. The molecule has 12 heteroatoms. The van der Waals surface area contributed by atoms with Crippen molar-refractivity contribution < 1.29 is 48.9 Å². The maximum Gasteiger partial charge on any atom is 0.337 e. The summed E-state index contributed by atoms with van der Waals surface area (Å²) in [5.41, 5.74) is -0.166. The first-order valence-corrected chi connectivity index (χ1v) is 16.7. The van der Waals surface area contributed by atoms with E-state index in [0.29, 0.717) is 42.7 Å². The van der Waals surface area contributed by atoms with Crippen molar-refractivity contribution in [1.82, 2.24) is 10.5 Å². The zero-order valence-corrected chi connectivity index (χ0v) is 28.2. The molecular weight excluding hydrogens is 620 g/mol. The Balaban J connectivity index is 2.04. The van der Waals surface area contributed by atoms with Crippen molar-refractivity contribution in [3.05, 3.63) is 53.4 Å². The summed E-state index contributed by atoms with van der Waals surface area (Å²) < 4.78 is 5.20. The number of carbonyl (C=O) groups is 5. The SMILES string of the molecule is CCCCCCCC(=O)CCCCCCC=C[C@H](C(=O)N[C@@H](Cc1ccc(-c2c(C)noc2C)cc1)C(=O)O)[C@@](O)(CC(=O)O)C(=O)O. The molecule has 0 bridgehead atoms. The Morgan fingerprint density at radius 1 is 0.896 bits per heavy atom. The van der Waals surface area contributed by atoms with E-state index in [4.69, 9.17) is 4.52 Å². The van der Waals surface area contributed by atoms with E-state index in [9.17, 15) is 44.4 Å². The Morgan fingerprint density at radius 2 is 1.50 bits per heavy atom. The van der Waals surface area contributed by atoms with E-state index in [1.807, 2.05) is 0 Å². The lowest BCUT2D eigenvalue weighted by Gasteiger charge is -2.29. The number of hydrogen-bond donors (Lipinski definition) is 5. The van der Waals surface area contributed by atoms with Crippen molar-refractivity contribution in [2.45, 2.75) is 122 Å². The monoisotopic (exact) mass is 670 g/mol.